The largest absolute Gasteiger partial charge is 0.493 e. The normalized spacial score (nSPS) is 10.1. The van der Waals surface area contributed by atoms with Crippen molar-refractivity contribution >= 4 is 5.91 Å². The molecule has 0 unspecified atom stereocenters. The number of hydrogen-bond donors (Lipinski definition) is 1. The summed E-state index contributed by atoms with van der Waals surface area (Å²) in [6.45, 7) is 0.966. The number of nitrogens with one attached hydrogen (secondary N) is 1. The maximum atomic E-state index is 12.0. The summed E-state index contributed by atoms with van der Waals surface area (Å²) in [7, 11) is 3.08. The fraction of sp³-hybridized carbons (Fsp3) is 0.308. The lowest BCUT2D eigenvalue weighted by molar-refractivity contribution is 0.0951. The molecule has 2 rings (SSSR count). The Morgan fingerprint density at radius 1 is 1.20 bits per heavy atom. The number of carbonyl (C=O) groups is 1. The molecule has 0 spiro atoms. The Kier molecular flexibility index (Phi) is 4.54. The van der Waals surface area contributed by atoms with Crippen LogP contribution in [0.3, 0.4) is 0 Å². The van der Waals surface area contributed by atoms with E-state index in [0.29, 0.717) is 30.2 Å². The van der Waals surface area contributed by atoms with E-state index in [9.17, 15) is 4.79 Å². The van der Waals surface area contributed by atoms with Gasteiger partial charge in [0.1, 0.15) is 0 Å². The average molecular weight is 276 g/mol. The summed E-state index contributed by atoms with van der Waals surface area (Å²) in [5.41, 5.74) is 0.510. The van der Waals surface area contributed by atoms with Crippen LogP contribution >= 0.6 is 0 Å². The minimum atomic E-state index is -0.182. The molecule has 0 fully saturated rings. The summed E-state index contributed by atoms with van der Waals surface area (Å²) < 4.78 is 10.3. The molecule has 1 N–H and O–H groups in total. The molecule has 20 heavy (non-hydrogen) atoms. The number of nitrogens with zero attached hydrogens (tertiary/aromatic N) is 3. The van der Waals surface area contributed by atoms with Gasteiger partial charge in [0.15, 0.2) is 11.5 Å². The van der Waals surface area contributed by atoms with Crippen molar-refractivity contribution in [2.24, 2.45) is 0 Å². The fourth-order valence-corrected chi connectivity index (χ4v) is 1.71. The Balaban J connectivity index is 1.95. The number of methoxy groups -OCH3 is 2. The Labute approximate surface area is 116 Å². The summed E-state index contributed by atoms with van der Waals surface area (Å²) in [6.07, 6.45) is 3.19. The second kappa shape index (κ2) is 6.55. The monoisotopic (exact) mass is 276 g/mol. The van der Waals surface area contributed by atoms with Gasteiger partial charge in [-0.05, 0) is 18.2 Å². The molecule has 0 aliphatic rings. The van der Waals surface area contributed by atoms with E-state index < -0.39 is 0 Å². The Hall–Kier alpha value is -2.57. The van der Waals surface area contributed by atoms with Crippen molar-refractivity contribution < 1.29 is 14.3 Å². The minimum Gasteiger partial charge on any atom is -0.493 e. The van der Waals surface area contributed by atoms with Gasteiger partial charge < -0.3 is 14.8 Å². The van der Waals surface area contributed by atoms with Gasteiger partial charge in [0, 0.05) is 12.1 Å². The minimum absolute atomic E-state index is 0.182. The van der Waals surface area contributed by atoms with Crippen molar-refractivity contribution in [3.63, 3.8) is 0 Å². The molecule has 0 aliphatic carbocycles. The summed E-state index contributed by atoms with van der Waals surface area (Å²) in [5.74, 6) is 0.928. The van der Waals surface area contributed by atoms with Crippen molar-refractivity contribution in [2.75, 3.05) is 20.8 Å². The van der Waals surface area contributed by atoms with E-state index in [4.69, 9.17) is 9.47 Å². The Morgan fingerprint density at radius 3 is 2.55 bits per heavy atom. The first-order chi connectivity index (χ1) is 9.74. The van der Waals surface area contributed by atoms with Gasteiger partial charge in [0.25, 0.3) is 5.91 Å². The van der Waals surface area contributed by atoms with Crippen LogP contribution in [-0.4, -0.2) is 41.7 Å². The van der Waals surface area contributed by atoms with Crippen molar-refractivity contribution in [3.05, 3.63) is 36.2 Å². The van der Waals surface area contributed by atoms with Gasteiger partial charge in [-0.3, -0.25) is 4.79 Å². The smallest absolute Gasteiger partial charge is 0.251 e. The van der Waals surface area contributed by atoms with Crippen LogP contribution in [0.5, 0.6) is 11.5 Å². The fourth-order valence-electron chi connectivity index (χ4n) is 1.71. The summed E-state index contributed by atoms with van der Waals surface area (Å²) >= 11 is 0. The summed E-state index contributed by atoms with van der Waals surface area (Å²) in [4.78, 5) is 13.5. The zero-order chi connectivity index (χ0) is 14.4. The molecule has 1 aromatic carbocycles. The molecule has 0 radical (unpaired) electrons. The molecule has 1 amide bonds. The molecule has 1 heterocycles. The van der Waals surface area contributed by atoms with E-state index in [0.717, 1.165) is 0 Å². The van der Waals surface area contributed by atoms with Crippen LogP contribution in [0, 0.1) is 0 Å². The number of amides is 1. The van der Waals surface area contributed by atoms with Crippen molar-refractivity contribution in [1.82, 2.24) is 20.3 Å². The standard InChI is InChI=1S/C13H16N4O3/c1-19-11-4-3-10(9-12(11)20-2)13(18)14-7-8-17-15-5-6-16-17/h3-6,9H,7-8H2,1-2H3,(H,14,18). The predicted molar refractivity (Wildman–Crippen MR) is 71.9 cm³/mol. The lowest BCUT2D eigenvalue weighted by atomic mass is 10.2. The average Bonchev–Trinajstić information content (AvgIpc) is 2.99. The van der Waals surface area contributed by atoms with E-state index in [-0.39, 0.29) is 5.91 Å². The van der Waals surface area contributed by atoms with Crippen LogP contribution in [-0.2, 0) is 6.54 Å². The maximum absolute atomic E-state index is 12.0. The number of ether oxygens (including phenoxy) is 2. The molecule has 1 aromatic heterocycles. The zero-order valence-corrected chi connectivity index (χ0v) is 11.4. The third-order valence-corrected chi connectivity index (χ3v) is 2.71. The highest BCUT2D eigenvalue weighted by molar-refractivity contribution is 5.94. The van der Waals surface area contributed by atoms with E-state index in [1.807, 2.05) is 0 Å². The highest BCUT2D eigenvalue weighted by atomic mass is 16.5. The van der Waals surface area contributed by atoms with Crippen LogP contribution in [0.2, 0.25) is 0 Å². The molecular weight excluding hydrogens is 260 g/mol. The van der Waals surface area contributed by atoms with Gasteiger partial charge in [-0.15, -0.1) is 0 Å². The molecule has 0 saturated carbocycles. The first-order valence-corrected chi connectivity index (χ1v) is 6.09. The maximum Gasteiger partial charge on any atom is 0.251 e. The first kappa shape index (κ1) is 13.9. The highest BCUT2D eigenvalue weighted by Gasteiger charge is 2.10. The van der Waals surface area contributed by atoms with Gasteiger partial charge in [0.05, 0.1) is 33.2 Å². The SMILES string of the molecule is COc1ccc(C(=O)NCCn2nccn2)cc1OC. The van der Waals surface area contributed by atoms with Gasteiger partial charge in [-0.1, -0.05) is 0 Å². The highest BCUT2D eigenvalue weighted by Crippen LogP contribution is 2.27. The zero-order valence-electron chi connectivity index (χ0n) is 11.4. The molecule has 0 atom stereocenters. The van der Waals surface area contributed by atoms with Gasteiger partial charge in [-0.25, -0.2) is 0 Å². The second-order valence-corrected chi connectivity index (χ2v) is 3.95. The Bertz CT molecular complexity index is 569. The quantitative estimate of drug-likeness (QED) is 0.841. The van der Waals surface area contributed by atoms with Crippen LogP contribution in [0.15, 0.2) is 30.6 Å². The number of hydrogen-bond acceptors (Lipinski definition) is 5. The number of aromatic nitrogens is 3. The predicted octanol–water partition coefficient (Wildman–Crippen LogP) is 0.725. The summed E-state index contributed by atoms with van der Waals surface area (Å²) in [6, 6.07) is 5.02. The van der Waals surface area contributed by atoms with Crippen molar-refractivity contribution in [3.8, 4) is 11.5 Å². The Morgan fingerprint density at radius 2 is 1.90 bits per heavy atom. The van der Waals surface area contributed by atoms with E-state index >= 15 is 0 Å². The molecule has 7 nitrogen and oxygen atoms in total. The van der Waals surface area contributed by atoms with Crippen LogP contribution in [0.25, 0.3) is 0 Å². The van der Waals surface area contributed by atoms with Gasteiger partial charge in [0.2, 0.25) is 0 Å². The van der Waals surface area contributed by atoms with Gasteiger partial charge >= 0.3 is 0 Å². The topological polar surface area (TPSA) is 78.3 Å². The van der Waals surface area contributed by atoms with E-state index in [1.165, 1.54) is 11.9 Å². The molecule has 0 saturated heterocycles. The van der Waals surface area contributed by atoms with E-state index in [1.54, 1.807) is 37.7 Å². The molecule has 106 valence electrons. The lowest BCUT2D eigenvalue weighted by Crippen LogP contribution is -2.27. The third kappa shape index (κ3) is 3.25. The number of carbonyl (C=O) groups excluding carboxylic acids is 1. The number of rotatable bonds is 6. The molecule has 2 aromatic rings. The van der Waals surface area contributed by atoms with Crippen molar-refractivity contribution in [2.45, 2.75) is 6.54 Å². The molecule has 0 bridgehead atoms. The van der Waals surface area contributed by atoms with Gasteiger partial charge in [-0.2, -0.15) is 15.0 Å². The van der Waals surface area contributed by atoms with E-state index in [2.05, 4.69) is 15.5 Å². The number of benzene rings is 1. The van der Waals surface area contributed by atoms with Crippen LogP contribution in [0.1, 0.15) is 10.4 Å². The van der Waals surface area contributed by atoms with Crippen LogP contribution in [0.4, 0.5) is 0 Å². The van der Waals surface area contributed by atoms with Crippen molar-refractivity contribution in [1.29, 1.82) is 0 Å². The molecule has 7 heteroatoms. The second-order valence-electron chi connectivity index (χ2n) is 3.95. The first-order valence-electron chi connectivity index (χ1n) is 6.09. The molecular formula is C13H16N4O3. The molecule has 0 aliphatic heterocycles. The van der Waals surface area contributed by atoms with Crippen LogP contribution < -0.4 is 14.8 Å². The lowest BCUT2D eigenvalue weighted by Gasteiger charge is -2.09. The third-order valence-electron chi connectivity index (χ3n) is 2.71. The summed E-state index contributed by atoms with van der Waals surface area (Å²) in [5, 5.41) is 10.7.